The van der Waals surface area contributed by atoms with Crippen LogP contribution in [0.1, 0.15) is 15.3 Å². The fraction of sp³-hybridized carbons (Fsp3) is 1.00. The molecular formula is C4H11LiO4S. The molecule has 0 bridgehead atoms. The average molecular weight is 162 g/mol. The third-order valence-corrected chi connectivity index (χ3v) is 1.57. The molecule has 0 aromatic heterocycles. The summed E-state index contributed by atoms with van der Waals surface area (Å²) in [5.41, 5.74) is 0. The first-order valence-electron chi connectivity index (χ1n) is 2.66. The number of hydrogen-bond acceptors (Lipinski definition) is 4. The normalized spacial score (nSPS) is 10.6. The van der Waals surface area contributed by atoms with E-state index >= 15 is 0 Å². The van der Waals surface area contributed by atoms with Crippen LogP contribution in [-0.4, -0.2) is 21.6 Å². The molecule has 0 atom stereocenters. The molecule has 0 aliphatic carbocycles. The smallest absolute Gasteiger partial charge is 1.00 e. The summed E-state index contributed by atoms with van der Waals surface area (Å²) < 4.78 is 29.2. The monoisotopic (exact) mass is 162 g/mol. The van der Waals surface area contributed by atoms with Crippen LogP contribution < -0.4 is 18.9 Å². The van der Waals surface area contributed by atoms with E-state index in [2.05, 4.69) is 8.37 Å². The second-order valence-electron chi connectivity index (χ2n) is 1.22. The Kier molecular flexibility index (Phi) is 8.11. The predicted octanol–water partition coefficient (Wildman–Crippen LogP) is -2.58. The molecule has 0 rings (SSSR count). The van der Waals surface area contributed by atoms with Gasteiger partial charge in [0.25, 0.3) is 0 Å². The third-order valence-electron chi connectivity index (χ3n) is 0.524. The Balaban J connectivity index is -0.000000320. The summed E-state index contributed by atoms with van der Waals surface area (Å²) in [6.45, 7) is 3.39. The van der Waals surface area contributed by atoms with E-state index in [0.29, 0.717) is 0 Å². The molecular weight excluding hydrogens is 151 g/mol. The number of rotatable bonds is 4. The van der Waals surface area contributed by atoms with Crippen molar-refractivity contribution in [2.75, 3.05) is 13.2 Å². The Morgan fingerprint density at radius 3 is 1.70 bits per heavy atom. The van der Waals surface area contributed by atoms with Crippen molar-refractivity contribution in [3.8, 4) is 0 Å². The summed E-state index contributed by atoms with van der Waals surface area (Å²) in [5.74, 6) is 0. The van der Waals surface area contributed by atoms with Crippen molar-refractivity contribution in [1.82, 2.24) is 0 Å². The van der Waals surface area contributed by atoms with Crippen molar-refractivity contribution in [2.24, 2.45) is 0 Å². The van der Waals surface area contributed by atoms with Crippen molar-refractivity contribution < 1.29 is 37.1 Å². The van der Waals surface area contributed by atoms with Crippen LogP contribution in [0.2, 0.25) is 0 Å². The van der Waals surface area contributed by atoms with E-state index in [9.17, 15) is 8.42 Å². The zero-order chi connectivity index (χ0) is 7.33. The molecule has 0 aromatic rings. The fourth-order valence-corrected chi connectivity index (χ4v) is 0.968. The maximum atomic E-state index is 10.4. The summed E-state index contributed by atoms with van der Waals surface area (Å²) >= 11 is 0. The van der Waals surface area contributed by atoms with E-state index in [1.54, 1.807) is 13.8 Å². The Labute approximate surface area is 74.9 Å². The molecule has 0 aromatic carbocycles. The van der Waals surface area contributed by atoms with Gasteiger partial charge in [-0.15, -0.1) is 0 Å². The standard InChI is InChI=1S/C4H10O4S.Li.H/c1-3-7-9(5,6)8-4-2;;/h3-4H2,1-2H3;;/q;+1;-1. The molecule has 0 saturated carbocycles. The van der Waals surface area contributed by atoms with E-state index in [1.165, 1.54) is 0 Å². The minimum absolute atomic E-state index is 0. The maximum absolute atomic E-state index is 10.4. The van der Waals surface area contributed by atoms with Gasteiger partial charge < -0.3 is 1.43 Å². The van der Waals surface area contributed by atoms with Crippen LogP contribution in [-0.2, 0) is 18.8 Å². The molecule has 4 nitrogen and oxygen atoms in total. The second kappa shape index (κ2) is 6.20. The molecule has 0 fully saturated rings. The maximum Gasteiger partial charge on any atom is 1.00 e. The summed E-state index contributed by atoms with van der Waals surface area (Å²) in [4.78, 5) is 0. The predicted molar refractivity (Wildman–Crippen MR) is 33.3 cm³/mol. The molecule has 0 aliphatic rings. The zero-order valence-corrected chi connectivity index (χ0v) is 7.27. The minimum atomic E-state index is -3.68. The summed E-state index contributed by atoms with van der Waals surface area (Å²) in [6.07, 6.45) is 0. The van der Waals surface area contributed by atoms with Crippen LogP contribution in [0, 0.1) is 0 Å². The van der Waals surface area contributed by atoms with Gasteiger partial charge in [0.15, 0.2) is 0 Å². The average Bonchev–Trinajstić information content (AvgIpc) is 1.64. The Morgan fingerprint density at radius 2 is 1.50 bits per heavy atom. The van der Waals surface area contributed by atoms with Crippen LogP contribution in [0.5, 0.6) is 0 Å². The molecule has 0 N–H and O–H groups in total. The van der Waals surface area contributed by atoms with Crippen molar-refractivity contribution in [3.05, 3.63) is 0 Å². The fourth-order valence-electron chi connectivity index (χ4n) is 0.323. The zero-order valence-electron chi connectivity index (χ0n) is 7.46. The van der Waals surface area contributed by atoms with E-state index in [-0.39, 0.29) is 33.5 Å². The quantitative estimate of drug-likeness (QED) is 0.426. The summed E-state index contributed by atoms with van der Waals surface area (Å²) in [7, 11) is -3.68. The van der Waals surface area contributed by atoms with Crippen LogP contribution in [0.3, 0.4) is 0 Å². The van der Waals surface area contributed by atoms with Crippen molar-refractivity contribution in [3.63, 3.8) is 0 Å². The Bertz CT molecular complexity index is 145. The van der Waals surface area contributed by atoms with E-state index in [4.69, 9.17) is 0 Å². The van der Waals surface area contributed by atoms with Gasteiger partial charge in [-0.05, 0) is 13.8 Å². The first kappa shape index (κ1) is 13.1. The van der Waals surface area contributed by atoms with Gasteiger partial charge in [-0.3, -0.25) is 0 Å². The topological polar surface area (TPSA) is 52.6 Å². The van der Waals surface area contributed by atoms with Crippen LogP contribution in [0.4, 0.5) is 0 Å². The Morgan fingerprint density at radius 1 is 1.20 bits per heavy atom. The van der Waals surface area contributed by atoms with Crippen LogP contribution >= 0.6 is 0 Å². The summed E-state index contributed by atoms with van der Waals surface area (Å²) in [6, 6.07) is 0. The van der Waals surface area contributed by atoms with Gasteiger partial charge in [-0.25, -0.2) is 8.37 Å². The molecule has 0 aliphatic heterocycles. The van der Waals surface area contributed by atoms with Gasteiger partial charge in [0.1, 0.15) is 0 Å². The Hall–Kier alpha value is 0.467. The molecule has 0 heterocycles. The van der Waals surface area contributed by atoms with E-state index < -0.39 is 10.4 Å². The largest absolute Gasteiger partial charge is 1.00 e. The first-order valence-corrected chi connectivity index (χ1v) is 3.99. The van der Waals surface area contributed by atoms with E-state index in [0.717, 1.165) is 0 Å². The molecule has 10 heavy (non-hydrogen) atoms. The first-order chi connectivity index (χ1) is 4.12. The molecule has 0 amide bonds. The molecule has 58 valence electrons. The molecule has 6 heteroatoms. The van der Waals surface area contributed by atoms with Gasteiger partial charge in [0.2, 0.25) is 0 Å². The van der Waals surface area contributed by atoms with Gasteiger partial charge in [-0.2, -0.15) is 8.42 Å². The van der Waals surface area contributed by atoms with Crippen molar-refractivity contribution in [2.45, 2.75) is 13.8 Å². The SMILES string of the molecule is CCOS(=O)(=O)OCC.[H-].[Li+]. The van der Waals surface area contributed by atoms with Crippen molar-refractivity contribution in [1.29, 1.82) is 0 Å². The molecule has 0 spiro atoms. The van der Waals surface area contributed by atoms with Gasteiger partial charge in [-0.1, -0.05) is 0 Å². The number of hydrogen-bond donors (Lipinski definition) is 0. The van der Waals surface area contributed by atoms with Gasteiger partial charge >= 0.3 is 29.3 Å². The van der Waals surface area contributed by atoms with Crippen LogP contribution in [0.15, 0.2) is 0 Å². The van der Waals surface area contributed by atoms with Gasteiger partial charge in [0.05, 0.1) is 13.2 Å². The molecule has 0 unspecified atom stereocenters. The summed E-state index contributed by atoms with van der Waals surface area (Å²) in [5, 5.41) is 0. The molecule has 0 radical (unpaired) electrons. The van der Waals surface area contributed by atoms with Crippen molar-refractivity contribution >= 4 is 10.4 Å². The third kappa shape index (κ3) is 6.59. The molecule has 0 saturated heterocycles. The van der Waals surface area contributed by atoms with Crippen LogP contribution in [0.25, 0.3) is 0 Å². The van der Waals surface area contributed by atoms with Gasteiger partial charge in [0, 0.05) is 0 Å². The minimum Gasteiger partial charge on any atom is -1.00 e. The van der Waals surface area contributed by atoms with E-state index in [1.807, 2.05) is 0 Å². The second-order valence-corrected chi connectivity index (χ2v) is 2.51.